The number of carbonyl (C=O) groups is 1. The maximum absolute atomic E-state index is 13.0. The van der Waals surface area contributed by atoms with Crippen molar-refractivity contribution in [1.29, 1.82) is 0 Å². The Balaban J connectivity index is 1.36. The summed E-state index contributed by atoms with van der Waals surface area (Å²) in [5.74, 6) is -0.299. The third-order valence-corrected chi connectivity index (χ3v) is 9.00. The Morgan fingerprint density at radius 2 is 1.53 bits per heavy atom. The van der Waals surface area contributed by atoms with Crippen LogP contribution < -0.4 is 5.32 Å². The first kappa shape index (κ1) is 22.7. The molecule has 4 aromatic rings. The van der Waals surface area contributed by atoms with Crippen LogP contribution in [0.5, 0.6) is 0 Å². The number of hydrogen-bond donors (Lipinski definition) is 1. The number of carbonyl (C=O) groups excluding carboxylic acids is 1. The van der Waals surface area contributed by atoms with E-state index in [1.165, 1.54) is 12.1 Å². The molecule has 1 aromatic heterocycles. The Morgan fingerprint density at radius 3 is 2.26 bits per heavy atom. The van der Waals surface area contributed by atoms with Gasteiger partial charge in [0.1, 0.15) is 5.01 Å². The molecule has 8 heteroatoms. The van der Waals surface area contributed by atoms with E-state index >= 15 is 0 Å². The van der Waals surface area contributed by atoms with Gasteiger partial charge in [-0.2, -0.15) is 4.31 Å². The standard InChI is InChI=1S/C26H25N3O3S2/c30-25(19-13-15-20(16-14-19)34(31,32)29-17-7-1-2-8-18-29)27-22-10-4-3-9-21(22)26-28-23-11-5-6-12-24(23)33-26/h3-6,9-16H,1-2,7-8,17-18H2,(H,27,30). The first-order valence-corrected chi connectivity index (χ1v) is 13.6. The molecular formula is C26H25N3O3S2. The van der Waals surface area contributed by atoms with Crippen molar-refractivity contribution in [2.75, 3.05) is 18.4 Å². The van der Waals surface area contributed by atoms with Crippen LogP contribution >= 0.6 is 11.3 Å². The average Bonchev–Trinajstić information content (AvgIpc) is 3.09. The van der Waals surface area contributed by atoms with Crippen molar-refractivity contribution in [2.45, 2.75) is 30.6 Å². The Labute approximate surface area is 203 Å². The van der Waals surface area contributed by atoms with Crippen LogP contribution in [0.25, 0.3) is 20.8 Å². The molecule has 3 aromatic carbocycles. The lowest BCUT2D eigenvalue weighted by molar-refractivity contribution is 0.102. The molecule has 0 bridgehead atoms. The van der Waals surface area contributed by atoms with E-state index in [4.69, 9.17) is 4.98 Å². The molecule has 0 atom stereocenters. The number of para-hydroxylation sites is 2. The normalized spacial score (nSPS) is 15.2. The number of benzene rings is 3. The number of hydrogen-bond acceptors (Lipinski definition) is 5. The molecule has 34 heavy (non-hydrogen) atoms. The molecule has 1 N–H and O–H groups in total. The van der Waals surface area contributed by atoms with E-state index in [-0.39, 0.29) is 10.8 Å². The van der Waals surface area contributed by atoms with Crippen molar-refractivity contribution in [2.24, 2.45) is 0 Å². The lowest BCUT2D eigenvalue weighted by Gasteiger charge is -2.20. The minimum Gasteiger partial charge on any atom is -0.321 e. The fourth-order valence-electron chi connectivity index (χ4n) is 4.17. The van der Waals surface area contributed by atoms with Crippen LogP contribution in [-0.4, -0.2) is 36.7 Å². The number of aromatic nitrogens is 1. The summed E-state index contributed by atoms with van der Waals surface area (Å²) < 4.78 is 28.7. The van der Waals surface area contributed by atoms with Gasteiger partial charge in [0.2, 0.25) is 10.0 Å². The zero-order valence-corrected chi connectivity index (χ0v) is 20.2. The van der Waals surface area contributed by atoms with Crippen LogP contribution in [0.4, 0.5) is 5.69 Å². The van der Waals surface area contributed by atoms with Crippen LogP contribution in [0.3, 0.4) is 0 Å². The number of fused-ring (bicyclic) bond motifs is 1. The molecule has 6 nitrogen and oxygen atoms in total. The largest absolute Gasteiger partial charge is 0.321 e. The van der Waals surface area contributed by atoms with Gasteiger partial charge in [0.05, 0.1) is 20.8 Å². The predicted octanol–water partition coefficient (Wildman–Crippen LogP) is 5.78. The average molecular weight is 492 g/mol. The second-order valence-electron chi connectivity index (χ2n) is 8.33. The first-order valence-electron chi connectivity index (χ1n) is 11.4. The van der Waals surface area contributed by atoms with Crippen LogP contribution in [0.2, 0.25) is 0 Å². The van der Waals surface area contributed by atoms with Gasteiger partial charge in [-0.3, -0.25) is 4.79 Å². The topological polar surface area (TPSA) is 79.4 Å². The highest BCUT2D eigenvalue weighted by molar-refractivity contribution is 7.89. The van der Waals surface area contributed by atoms with Crippen molar-refractivity contribution in [1.82, 2.24) is 9.29 Å². The van der Waals surface area contributed by atoms with Gasteiger partial charge in [-0.25, -0.2) is 13.4 Å². The van der Waals surface area contributed by atoms with Crippen molar-refractivity contribution in [3.8, 4) is 10.6 Å². The Hall–Kier alpha value is -3.07. The van der Waals surface area contributed by atoms with E-state index in [1.54, 1.807) is 27.8 Å². The number of amides is 1. The van der Waals surface area contributed by atoms with Gasteiger partial charge in [0.15, 0.2) is 0 Å². The number of rotatable bonds is 5. The summed E-state index contributed by atoms with van der Waals surface area (Å²) in [7, 11) is -3.55. The van der Waals surface area contributed by atoms with Gasteiger partial charge in [-0.1, -0.05) is 37.1 Å². The molecule has 1 aliphatic heterocycles. The molecule has 2 heterocycles. The highest BCUT2D eigenvalue weighted by atomic mass is 32.2. The molecule has 1 amide bonds. The fraction of sp³-hybridized carbons (Fsp3) is 0.231. The lowest BCUT2D eigenvalue weighted by Crippen LogP contribution is -2.31. The molecule has 1 saturated heterocycles. The van der Waals surface area contributed by atoms with Crippen molar-refractivity contribution in [3.63, 3.8) is 0 Å². The lowest BCUT2D eigenvalue weighted by atomic mass is 10.1. The minimum atomic E-state index is -3.55. The van der Waals surface area contributed by atoms with E-state index < -0.39 is 10.0 Å². The summed E-state index contributed by atoms with van der Waals surface area (Å²) in [6, 6.07) is 21.7. The Bertz CT molecular complexity index is 1390. The van der Waals surface area contributed by atoms with E-state index in [2.05, 4.69) is 5.32 Å². The molecular weight excluding hydrogens is 466 g/mol. The summed E-state index contributed by atoms with van der Waals surface area (Å²) in [6.07, 6.45) is 3.88. The Kier molecular flexibility index (Phi) is 6.45. The van der Waals surface area contributed by atoms with Gasteiger partial charge >= 0.3 is 0 Å². The third kappa shape index (κ3) is 4.61. The van der Waals surface area contributed by atoms with Gasteiger partial charge in [0.25, 0.3) is 5.91 Å². The number of sulfonamides is 1. The number of anilines is 1. The third-order valence-electron chi connectivity index (χ3n) is 6.02. The van der Waals surface area contributed by atoms with E-state index in [1.807, 2.05) is 48.5 Å². The molecule has 1 fully saturated rings. The van der Waals surface area contributed by atoms with Crippen LogP contribution in [-0.2, 0) is 10.0 Å². The van der Waals surface area contributed by atoms with E-state index in [9.17, 15) is 13.2 Å². The monoisotopic (exact) mass is 491 g/mol. The highest BCUT2D eigenvalue weighted by Crippen LogP contribution is 2.34. The van der Waals surface area contributed by atoms with Crippen molar-refractivity contribution in [3.05, 3.63) is 78.4 Å². The molecule has 1 aliphatic rings. The predicted molar refractivity (Wildman–Crippen MR) is 137 cm³/mol. The number of nitrogens with one attached hydrogen (secondary N) is 1. The summed E-state index contributed by atoms with van der Waals surface area (Å²) >= 11 is 1.57. The van der Waals surface area contributed by atoms with E-state index in [0.717, 1.165) is 46.5 Å². The molecule has 5 rings (SSSR count). The summed E-state index contributed by atoms with van der Waals surface area (Å²) in [4.78, 5) is 17.9. The minimum absolute atomic E-state index is 0.223. The molecule has 0 saturated carbocycles. The zero-order valence-electron chi connectivity index (χ0n) is 18.6. The van der Waals surface area contributed by atoms with Crippen LogP contribution in [0, 0.1) is 0 Å². The van der Waals surface area contributed by atoms with Crippen molar-refractivity contribution >= 4 is 43.2 Å². The van der Waals surface area contributed by atoms with Gasteiger partial charge in [-0.15, -0.1) is 11.3 Å². The molecule has 0 aliphatic carbocycles. The quantitative estimate of drug-likeness (QED) is 0.384. The van der Waals surface area contributed by atoms with Gasteiger partial charge in [-0.05, 0) is 61.4 Å². The smallest absolute Gasteiger partial charge is 0.255 e. The Morgan fingerprint density at radius 1 is 0.853 bits per heavy atom. The maximum atomic E-state index is 13.0. The maximum Gasteiger partial charge on any atom is 0.255 e. The SMILES string of the molecule is O=C(Nc1ccccc1-c1nc2ccccc2s1)c1ccc(S(=O)(=O)N2CCCCCC2)cc1. The van der Waals surface area contributed by atoms with Gasteiger partial charge < -0.3 is 5.32 Å². The molecule has 0 spiro atoms. The van der Waals surface area contributed by atoms with E-state index in [0.29, 0.717) is 24.3 Å². The zero-order chi connectivity index (χ0) is 23.5. The molecule has 174 valence electrons. The second kappa shape index (κ2) is 9.66. The number of nitrogens with zero attached hydrogens (tertiary/aromatic N) is 2. The van der Waals surface area contributed by atoms with Gasteiger partial charge in [0, 0.05) is 24.2 Å². The first-order chi connectivity index (χ1) is 16.5. The highest BCUT2D eigenvalue weighted by Gasteiger charge is 2.25. The van der Waals surface area contributed by atoms with Crippen molar-refractivity contribution < 1.29 is 13.2 Å². The molecule has 0 unspecified atom stereocenters. The summed E-state index contributed by atoms with van der Waals surface area (Å²) in [5.41, 5.74) is 2.82. The van der Waals surface area contributed by atoms with Crippen LogP contribution in [0.15, 0.2) is 77.7 Å². The summed E-state index contributed by atoms with van der Waals surface area (Å²) in [6.45, 7) is 1.10. The second-order valence-corrected chi connectivity index (χ2v) is 11.3. The number of thiazole rings is 1. The fourth-order valence-corrected chi connectivity index (χ4v) is 6.69. The van der Waals surface area contributed by atoms with Crippen LogP contribution in [0.1, 0.15) is 36.0 Å². The molecule has 0 radical (unpaired) electrons. The summed E-state index contributed by atoms with van der Waals surface area (Å²) in [5, 5.41) is 3.80.